The van der Waals surface area contributed by atoms with Gasteiger partial charge in [0.15, 0.2) is 0 Å². The molecule has 33 heavy (non-hydrogen) atoms. The van der Waals surface area contributed by atoms with Crippen LogP contribution in [0.4, 0.5) is 10.1 Å². The first-order valence-electron chi connectivity index (χ1n) is 10.6. The average Bonchev–Trinajstić information content (AvgIpc) is 2.84. The summed E-state index contributed by atoms with van der Waals surface area (Å²) in [5.41, 5.74) is 3.71. The summed E-state index contributed by atoms with van der Waals surface area (Å²) in [4.78, 5) is 19.2. The fourth-order valence-corrected chi connectivity index (χ4v) is 4.28. The minimum atomic E-state index is -1.01. The predicted octanol–water partition coefficient (Wildman–Crippen LogP) is 4.11. The molecule has 2 aromatic carbocycles. The number of aliphatic hydroxyl groups excluding tert-OH is 1. The van der Waals surface area contributed by atoms with E-state index in [0.717, 1.165) is 5.69 Å². The maximum absolute atomic E-state index is 15.4. The van der Waals surface area contributed by atoms with Crippen LogP contribution in [0, 0.1) is 12.7 Å². The summed E-state index contributed by atoms with van der Waals surface area (Å²) < 4.78 is 20.8. The standard InChI is InChI=1S/C24H21ClFN5O2/c1-14-22(28-5-4-27-14)24(32)15-2-3-18(25)17(10-15)23-21-19(26)11-16(12-20(21)29-13-30-23)31-6-8-33-9-7-31/h2-5,10-13,24,32H,6-9H2,1H3. The summed E-state index contributed by atoms with van der Waals surface area (Å²) in [5.74, 6) is -0.434. The second kappa shape index (κ2) is 8.97. The number of morpholine rings is 1. The van der Waals surface area contributed by atoms with Crippen molar-refractivity contribution < 1.29 is 14.2 Å². The van der Waals surface area contributed by atoms with Crippen molar-refractivity contribution in [2.24, 2.45) is 0 Å². The normalized spacial score (nSPS) is 15.1. The second-order valence-electron chi connectivity index (χ2n) is 7.81. The van der Waals surface area contributed by atoms with Crippen LogP contribution in [0.25, 0.3) is 22.2 Å². The number of nitrogens with zero attached hydrogens (tertiary/aromatic N) is 5. The number of benzene rings is 2. The number of hydrogen-bond donors (Lipinski definition) is 1. The maximum Gasteiger partial charge on any atom is 0.136 e. The van der Waals surface area contributed by atoms with Gasteiger partial charge in [0.25, 0.3) is 0 Å². The van der Waals surface area contributed by atoms with Gasteiger partial charge in [-0.05, 0) is 36.8 Å². The number of aromatic nitrogens is 4. The van der Waals surface area contributed by atoms with Gasteiger partial charge in [0.2, 0.25) is 0 Å². The number of halogens is 2. The molecular weight excluding hydrogens is 445 g/mol. The first-order valence-corrected chi connectivity index (χ1v) is 10.9. The molecule has 1 atom stereocenters. The lowest BCUT2D eigenvalue weighted by molar-refractivity contribution is 0.122. The largest absolute Gasteiger partial charge is 0.382 e. The zero-order chi connectivity index (χ0) is 22.9. The molecule has 1 aliphatic rings. The summed E-state index contributed by atoms with van der Waals surface area (Å²) in [6.07, 6.45) is 3.48. The monoisotopic (exact) mass is 465 g/mol. The van der Waals surface area contributed by atoms with Gasteiger partial charge in [-0.15, -0.1) is 0 Å². The quantitative estimate of drug-likeness (QED) is 0.485. The minimum absolute atomic E-state index is 0.277. The summed E-state index contributed by atoms with van der Waals surface area (Å²) in [6, 6.07) is 8.43. The third-order valence-corrected chi connectivity index (χ3v) is 6.12. The van der Waals surface area contributed by atoms with E-state index in [2.05, 4.69) is 24.8 Å². The second-order valence-corrected chi connectivity index (χ2v) is 8.22. The van der Waals surface area contributed by atoms with Crippen LogP contribution in [0.3, 0.4) is 0 Å². The van der Waals surface area contributed by atoms with Crippen LogP contribution in [-0.2, 0) is 4.74 Å². The highest BCUT2D eigenvalue weighted by Crippen LogP contribution is 2.36. The number of fused-ring (bicyclic) bond motifs is 1. The van der Waals surface area contributed by atoms with Gasteiger partial charge in [0.05, 0.1) is 46.2 Å². The Balaban J connectivity index is 1.60. The topological polar surface area (TPSA) is 84.3 Å². The minimum Gasteiger partial charge on any atom is -0.382 e. The SMILES string of the molecule is Cc1nccnc1C(O)c1ccc(Cl)c(-c2ncnc3cc(N4CCOCC4)cc(F)c23)c1. The third-order valence-electron chi connectivity index (χ3n) is 5.79. The van der Waals surface area contributed by atoms with E-state index in [0.29, 0.717) is 65.1 Å². The number of aryl methyl sites for hydroxylation is 1. The molecule has 1 aliphatic heterocycles. The number of rotatable bonds is 4. The van der Waals surface area contributed by atoms with Crippen LogP contribution < -0.4 is 4.90 Å². The fraction of sp³-hybridized carbons (Fsp3) is 0.250. The van der Waals surface area contributed by atoms with Crippen molar-refractivity contribution >= 4 is 28.2 Å². The van der Waals surface area contributed by atoms with Crippen molar-refractivity contribution in [1.29, 1.82) is 0 Å². The van der Waals surface area contributed by atoms with E-state index >= 15 is 4.39 Å². The van der Waals surface area contributed by atoms with Crippen LogP contribution in [0.2, 0.25) is 5.02 Å². The van der Waals surface area contributed by atoms with Gasteiger partial charge < -0.3 is 14.7 Å². The van der Waals surface area contributed by atoms with E-state index in [1.807, 2.05) is 6.07 Å². The van der Waals surface area contributed by atoms with Gasteiger partial charge in [-0.25, -0.2) is 14.4 Å². The van der Waals surface area contributed by atoms with Gasteiger partial charge in [-0.2, -0.15) is 0 Å². The van der Waals surface area contributed by atoms with Crippen molar-refractivity contribution in [3.05, 3.63) is 76.8 Å². The van der Waals surface area contributed by atoms with Crippen LogP contribution >= 0.6 is 11.6 Å². The molecule has 4 aromatic rings. The molecule has 0 radical (unpaired) electrons. The third kappa shape index (κ3) is 4.13. The molecule has 0 spiro atoms. The lowest BCUT2D eigenvalue weighted by Crippen LogP contribution is -2.36. The molecule has 7 nitrogen and oxygen atoms in total. The van der Waals surface area contributed by atoms with Crippen molar-refractivity contribution in [2.45, 2.75) is 13.0 Å². The molecule has 1 saturated heterocycles. The van der Waals surface area contributed by atoms with Crippen LogP contribution in [0.15, 0.2) is 49.1 Å². The Morgan fingerprint density at radius 2 is 1.85 bits per heavy atom. The Bertz CT molecular complexity index is 1330. The van der Waals surface area contributed by atoms with E-state index in [4.69, 9.17) is 16.3 Å². The molecule has 1 N–H and O–H groups in total. The molecule has 2 aromatic heterocycles. The Labute approximate surface area is 194 Å². The van der Waals surface area contributed by atoms with E-state index in [9.17, 15) is 5.11 Å². The van der Waals surface area contributed by atoms with Crippen LogP contribution in [0.1, 0.15) is 23.1 Å². The molecule has 0 bridgehead atoms. The Morgan fingerprint density at radius 3 is 2.64 bits per heavy atom. The highest BCUT2D eigenvalue weighted by atomic mass is 35.5. The number of ether oxygens (including phenoxy) is 1. The maximum atomic E-state index is 15.4. The molecule has 1 unspecified atom stereocenters. The van der Waals surface area contributed by atoms with Gasteiger partial charge in [-0.1, -0.05) is 17.7 Å². The first-order chi connectivity index (χ1) is 16.0. The van der Waals surface area contributed by atoms with Crippen molar-refractivity contribution in [3.8, 4) is 11.3 Å². The van der Waals surface area contributed by atoms with E-state index in [-0.39, 0.29) is 5.39 Å². The Morgan fingerprint density at radius 1 is 1.06 bits per heavy atom. The Hall–Kier alpha value is -3.20. The zero-order valence-corrected chi connectivity index (χ0v) is 18.6. The summed E-state index contributed by atoms with van der Waals surface area (Å²) in [7, 11) is 0. The van der Waals surface area contributed by atoms with Crippen molar-refractivity contribution in [2.75, 3.05) is 31.2 Å². The van der Waals surface area contributed by atoms with Gasteiger partial charge in [-0.3, -0.25) is 9.97 Å². The van der Waals surface area contributed by atoms with Gasteiger partial charge in [0.1, 0.15) is 18.2 Å². The average molecular weight is 466 g/mol. The van der Waals surface area contributed by atoms with Crippen LogP contribution in [0.5, 0.6) is 0 Å². The molecule has 3 heterocycles. The summed E-state index contributed by atoms with van der Waals surface area (Å²) in [6.45, 7) is 4.37. The molecule has 0 amide bonds. The molecule has 0 saturated carbocycles. The molecular formula is C24H21ClFN5O2. The predicted molar refractivity (Wildman–Crippen MR) is 124 cm³/mol. The number of anilines is 1. The smallest absolute Gasteiger partial charge is 0.136 e. The summed E-state index contributed by atoms with van der Waals surface area (Å²) in [5, 5.41) is 11.6. The van der Waals surface area contributed by atoms with Crippen LogP contribution in [-0.4, -0.2) is 51.3 Å². The molecule has 1 fully saturated rings. The zero-order valence-electron chi connectivity index (χ0n) is 17.9. The van der Waals surface area contributed by atoms with E-state index < -0.39 is 11.9 Å². The van der Waals surface area contributed by atoms with Gasteiger partial charge >= 0.3 is 0 Å². The number of aliphatic hydroxyl groups is 1. The van der Waals surface area contributed by atoms with Crippen molar-refractivity contribution in [1.82, 2.24) is 19.9 Å². The molecule has 0 aliphatic carbocycles. The molecule has 9 heteroatoms. The number of hydrogen-bond acceptors (Lipinski definition) is 7. The first kappa shape index (κ1) is 21.6. The highest BCUT2D eigenvalue weighted by Gasteiger charge is 2.21. The summed E-state index contributed by atoms with van der Waals surface area (Å²) >= 11 is 6.50. The molecule has 5 rings (SSSR count). The highest BCUT2D eigenvalue weighted by molar-refractivity contribution is 6.33. The molecule has 168 valence electrons. The lowest BCUT2D eigenvalue weighted by atomic mass is 9.99. The van der Waals surface area contributed by atoms with E-state index in [1.165, 1.54) is 18.6 Å². The van der Waals surface area contributed by atoms with E-state index in [1.54, 1.807) is 31.3 Å². The fourth-order valence-electron chi connectivity index (χ4n) is 4.08. The lowest BCUT2D eigenvalue weighted by Gasteiger charge is -2.29. The van der Waals surface area contributed by atoms with Crippen molar-refractivity contribution in [3.63, 3.8) is 0 Å². The Kier molecular flexibility index (Phi) is 5.88. The van der Waals surface area contributed by atoms with Gasteiger partial charge in [0, 0.05) is 36.7 Å².